The Labute approximate surface area is 216 Å². The number of aromatic nitrogens is 1. The average molecular weight is 508 g/mol. The van der Waals surface area contributed by atoms with Crippen molar-refractivity contribution >= 4 is 22.4 Å². The molecule has 3 aromatic rings. The number of para-hydroxylation sites is 1. The Morgan fingerprint density at radius 1 is 1.14 bits per heavy atom. The Hall–Kier alpha value is -2.94. The van der Waals surface area contributed by atoms with Gasteiger partial charge in [0.15, 0.2) is 5.13 Å². The maximum atomic E-state index is 11.3. The molecule has 0 radical (unpaired) electrons. The number of piperidine rings is 1. The number of benzene rings is 2. The van der Waals surface area contributed by atoms with Crippen molar-refractivity contribution in [3.63, 3.8) is 0 Å². The van der Waals surface area contributed by atoms with Gasteiger partial charge in [0, 0.05) is 43.7 Å². The summed E-state index contributed by atoms with van der Waals surface area (Å²) < 4.78 is 11.8. The van der Waals surface area contributed by atoms with E-state index in [-0.39, 0.29) is 5.92 Å². The summed E-state index contributed by atoms with van der Waals surface area (Å²) in [5.74, 6) is -0.120. The van der Waals surface area contributed by atoms with Gasteiger partial charge in [-0.05, 0) is 48.6 Å². The normalized spacial score (nSPS) is 17.3. The topological polar surface area (TPSA) is 75.1 Å². The minimum atomic E-state index is -0.692. The van der Waals surface area contributed by atoms with Crippen molar-refractivity contribution in [1.29, 1.82) is 0 Å². The molecule has 5 rings (SSSR count). The van der Waals surface area contributed by atoms with Crippen LogP contribution in [-0.4, -0.2) is 60.4 Å². The summed E-state index contributed by atoms with van der Waals surface area (Å²) in [5.41, 5.74) is 5.60. The van der Waals surface area contributed by atoms with Crippen molar-refractivity contribution < 1.29 is 19.4 Å². The smallest absolute Gasteiger partial charge is 0.306 e. The molecule has 0 bridgehead atoms. The minimum absolute atomic E-state index is 0.244. The van der Waals surface area contributed by atoms with Gasteiger partial charge in [-0.15, -0.1) is 11.3 Å². The molecule has 2 saturated heterocycles. The lowest BCUT2D eigenvalue weighted by Gasteiger charge is -2.29. The highest BCUT2D eigenvalue weighted by Gasteiger charge is 2.26. The van der Waals surface area contributed by atoms with Crippen LogP contribution in [0.3, 0.4) is 0 Å². The molecule has 3 heterocycles. The van der Waals surface area contributed by atoms with Gasteiger partial charge in [0.05, 0.1) is 24.8 Å². The summed E-state index contributed by atoms with van der Waals surface area (Å²) in [4.78, 5) is 20.8. The first-order valence-corrected chi connectivity index (χ1v) is 13.5. The largest absolute Gasteiger partial charge is 0.488 e. The van der Waals surface area contributed by atoms with Gasteiger partial charge in [-0.2, -0.15) is 0 Å². The molecule has 190 valence electrons. The molecule has 8 heteroatoms. The second-order valence-corrected chi connectivity index (χ2v) is 10.4. The van der Waals surface area contributed by atoms with Crippen LogP contribution in [0.4, 0.5) is 5.13 Å². The number of carboxylic acid groups (broad SMARTS) is 1. The number of hydrogen-bond acceptors (Lipinski definition) is 7. The number of aliphatic carboxylic acids is 1. The molecule has 0 amide bonds. The first-order chi connectivity index (χ1) is 17.6. The Morgan fingerprint density at radius 3 is 2.67 bits per heavy atom. The summed E-state index contributed by atoms with van der Waals surface area (Å²) in [7, 11) is 0. The van der Waals surface area contributed by atoms with Crippen LogP contribution in [0.2, 0.25) is 0 Å². The third kappa shape index (κ3) is 5.88. The highest BCUT2D eigenvalue weighted by molar-refractivity contribution is 7.14. The Morgan fingerprint density at radius 2 is 1.92 bits per heavy atom. The summed E-state index contributed by atoms with van der Waals surface area (Å²) in [6, 6.07) is 14.7. The zero-order valence-corrected chi connectivity index (χ0v) is 21.5. The molecule has 1 aromatic heterocycles. The Bertz CT molecular complexity index is 1180. The van der Waals surface area contributed by atoms with Gasteiger partial charge in [-0.1, -0.05) is 30.3 Å². The van der Waals surface area contributed by atoms with E-state index in [1.807, 2.05) is 24.3 Å². The number of ether oxygens (including phenoxy) is 2. The molecule has 0 aliphatic carbocycles. The highest BCUT2D eigenvalue weighted by Crippen LogP contribution is 2.35. The monoisotopic (exact) mass is 507 g/mol. The molecule has 1 N–H and O–H groups in total. The van der Waals surface area contributed by atoms with Crippen LogP contribution in [0, 0.1) is 12.8 Å². The third-order valence-electron chi connectivity index (χ3n) is 7.07. The van der Waals surface area contributed by atoms with Gasteiger partial charge >= 0.3 is 5.97 Å². The van der Waals surface area contributed by atoms with Crippen LogP contribution in [0.25, 0.3) is 11.3 Å². The van der Waals surface area contributed by atoms with E-state index in [0.717, 1.165) is 68.1 Å². The van der Waals surface area contributed by atoms with Crippen LogP contribution in [0.1, 0.15) is 29.5 Å². The Kier molecular flexibility index (Phi) is 7.84. The number of carboxylic acids is 1. The SMILES string of the molecule is Cc1cc(CN2CCOCC2)ccc1COc1ccccc1-c1csc(N2CCC(C(=O)O)CC2)n1. The molecule has 36 heavy (non-hydrogen) atoms. The van der Waals surface area contributed by atoms with Gasteiger partial charge < -0.3 is 19.5 Å². The summed E-state index contributed by atoms with van der Waals surface area (Å²) in [5, 5.41) is 12.3. The summed E-state index contributed by atoms with van der Waals surface area (Å²) in [6.07, 6.45) is 1.32. The van der Waals surface area contributed by atoms with E-state index in [2.05, 4.69) is 40.3 Å². The lowest BCUT2D eigenvalue weighted by atomic mass is 9.97. The molecule has 0 saturated carbocycles. The first-order valence-electron chi connectivity index (χ1n) is 12.6. The van der Waals surface area contributed by atoms with Crippen molar-refractivity contribution in [2.45, 2.75) is 32.9 Å². The molecule has 7 nitrogen and oxygen atoms in total. The van der Waals surface area contributed by atoms with Gasteiger partial charge in [-0.25, -0.2) is 4.98 Å². The Balaban J connectivity index is 1.23. The van der Waals surface area contributed by atoms with Crippen LogP contribution < -0.4 is 9.64 Å². The van der Waals surface area contributed by atoms with Gasteiger partial charge in [-0.3, -0.25) is 9.69 Å². The molecule has 0 spiro atoms. The second kappa shape index (κ2) is 11.4. The van der Waals surface area contributed by atoms with E-state index in [1.54, 1.807) is 11.3 Å². The number of thiazole rings is 1. The van der Waals surface area contributed by atoms with E-state index in [1.165, 1.54) is 16.7 Å². The van der Waals surface area contributed by atoms with Crippen LogP contribution >= 0.6 is 11.3 Å². The lowest BCUT2D eigenvalue weighted by molar-refractivity contribution is -0.142. The van der Waals surface area contributed by atoms with Crippen molar-refractivity contribution in [2.75, 3.05) is 44.3 Å². The maximum Gasteiger partial charge on any atom is 0.306 e. The maximum absolute atomic E-state index is 11.3. The third-order valence-corrected chi connectivity index (χ3v) is 7.97. The standard InChI is InChI=1S/C28H33N3O4S/c1-20-16-21(17-30-12-14-34-15-13-30)6-7-23(20)18-35-26-5-3-2-4-24(26)25-19-36-28(29-25)31-10-8-22(9-11-31)27(32)33/h2-7,16,19,22H,8-15,17-18H2,1H3,(H,32,33). The molecule has 2 aliphatic rings. The molecule has 2 aliphatic heterocycles. The first kappa shape index (κ1) is 24.7. The second-order valence-electron chi connectivity index (χ2n) is 9.55. The van der Waals surface area contributed by atoms with Gasteiger partial charge in [0.1, 0.15) is 12.4 Å². The van der Waals surface area contributed by atoms with Crippen LogP contribution in [0.15, 0.2) is 47.8 Å². The number of anilines is 1. The van der Waals surface area contributed by atoms with Crippen LogP contribution in [-0.2, 0) is 22.7 Å². The number of hydrogen-bond donors (Lipinski definition) is 1. The van der Waals surface area contributed by atoms with Crippen LogP contribution in [0.5, 0.6) is 5.75 Å². The lowest BCUT2D eigenvalue weighted by Crippen LogP contribution is -2.36. The van der Waals surface area contributed by atoms with E-state index in [0.29, 0.717) is 19.4 Å². The van der Waals surface area contributed by atoms with E-state index in [4.69, 9.17) is 14.5 Å². The predicted molar refractivity (Wildman–Crippen MR) is 142 cm³/mol. The molecule has 0 unspecified atom stereocenters. The number of nitrogens with zero attached hydrogens (tertiary/aromatic N) is 3. The average Bonchev–Trinajstić information content (AvgIpc) is 3.39. The number of rotatable bonds is 8. The van der Waals surface area contributed by atoms with Crippen molar-refractivity contribution in [3.05, 3.63) is 64.5 Å². The number of morpholine rings is 1. The summed E-state index contributed by atoms with van der Waals surface area (Å²) >= 11 is 1.60. The molecular weight excluding hydrogens is 474 g/mol. The molecule has 2 aromatic carbocycles. The zero-order valence-electron chi connectivity index (χ0n) is 20.7. The van der Waals surface area contributed by atoms with Gasteiger partial charge in [0.2, 0.25) is 0 Å². The summed E-state index contributed by atoms with van der Waals surface area (Å²) in [6.45, 7) is 8.65. The fourth-order valence-electron chi connectivity index (χ4n) is 4.85. The molecular formula is C28H33N3O4S. The zero-order chi connectivity index (χ0) is 24.9. The van der Waals surface area contributed by atoms with E-state index < -0.39 is 5.97 Å². The minimum Gasteiger partial charge on any atom is -0.488 e. The predicted octanol–water partition coefficient (Wildman–Crippen LogP) is 4.83. The van der Waals surface area contributed by atoms with Crippen molar-refractivity contribution in [3.8, 4) is 17.0 Å². The highest BCUT2D eigenvalue weighted by atomic mass is 32.1. The fraction of sp³-hybridized carbons (Fsp3) is 0.429. The van der Waals surface area contributed by atoms with Gasteiger partial charge in [0.25, 0.3) is 0 Å². The van der Waals surface area contributed by atoms with Crippen molar-refractivity contribution in [1.82, 2.24) is 9.88 Å². The number of carbonyl (C=O) groups is 1. The number of aryl methyl sites for hydroxylation is 1. The molecule has 0 atom stereocenters. The molecule has 2 fully saturated rings. The fourth-order valence-corrected chi connectivity index (χ4v) is 5.73. The quantitative estimate of drug-likeness (QED) is 0.468. The van der Waals surface area contributed by atoms with Crippen molar-refractivity contribution in [2.24, 2.45) is 5.92 Å². The van der Waals surface area contributed by atoms with E-state index >= 15 is 0 Å². The van der Waals surface area contributed by atoms with E-state index in [9.17, 15) is 9.90 Å².